The molecule has 2 N–H and O–H groups in total. The van der Waals surface area contributed by atoms with Crippen LogP contribution in [0.5, 0.6) is 0 Å². The average molecular weight is 163 g/mol. The van der Waals surface area contributed by atoms with Crippen molar-refractivity contribution in [1.29, 1.82) is 0 Å². The van der Waals surface area contributed by atoms with E-state index in [4.69, 9.17) is 5.73 Å². The van der Waals surface area contributed by atoms with Gasteiger partial charge in [-0.2, -0.15) is 0 Å². The summed E-state index contributed by atoms with van der Waals surface area (Å²) in [6.45, 7) is 3.83. The fourth-order valence-electron chi connectivity index (χ4n) is 0.152. The Balaban J connectivity index is 3.26. The SMILES string of the molecule is C=C(Br)/C=N\CN. The molecule has 0 fully saturated rings. The maximum Gasteiger partial charge on any atom is 0.0859 e. The molecule has 0 heterocycles. The maximum atomic E-state index is 5.02. The standard InChI is InChI=1S/C4H7BrN2/c1-4(5)2-7-3-6/h2H,1,3,6H2/b7-2-. The van der Waals surface area contributed by atoms with Crippen LogP contribution in [0.25, 0.3) is 0 Å². The van der Waals surface area contributed by atoms with Gasteiger partial charge >= 0.3 is 0 Å². The second kappa shape index (κ2) is 4.02. The van der Waals surface area contributed by atoms with Gasteiger partial charge in [0.05, 0.1) is 6.67 Å². The van der Waals surface area contributed by atoms with Crippen LogP contribution < -0.4 is 5.73 Å². The molecule has 0 radical (unpaired) electrons. The van der Waals surface area contributed by atoms with Crippen LogP contribution in [0.4, 0.5) is 0 Å². The lowest BCUT2D eigenvalue weighted by Gasteiger charge is -1.78. The van der Waals surface area contributed by atoms with Crippen LogP contribution in [0.15, 0.2) is 16.1 Å². The Bertz CT molecular complexity index is 87.7. The van der Waals surface area contributed by atoms with Gasteiger partial charge in [-0.3, -0.25) is 4.99 Å². The lowest BCUT2D eigenvalue weighted by molar-refractivity contribution is 1.08. The molecule has 0 unspecified atom stereocenters. The molecule has 0 aliphatic rings. The predicted molar refractivity (Wildman–Crippen MR) is 35.6 cm³/mol. The van der Waals surface area contributed by atoms with Crippen molar-refractivity contribution < 1.29 is 0 Å². The summed E-state index contributed by atoms with van der Waals surface area (Å²) >= 11 is 3.08. The molecule has 40 valence electrons. The highest BCUT2D eigenvalue weighted by Crippen LogP contribution is 1.93. The van der Waals surface area contributed by atoms with Gasteiger partial charge in [-0.05, 0) is 15.9 Å². The van der Waals surface area contributed by atoms with E-state index in [1.54, 1.807) is 6.21 Å². The van der Waals surface area contributed by atoms with E-state index in [2.05, 4.69) is 27.5 Å². The summed E-state index contributed by atoms with van der Waals surface area (Å²) in [6, 6.07) is 0. The Morgan fingerprint density at radius 2 is 2.57 bits per heavy atom. The van der Waals surface area contributed by atoms with Gasteiger partial charge in [-0.25, -0.2) is 0 Å². The van der Waals surface area contributed by atoms with Gasteiger partial charge in [-0.15, -0.1) is 0 Å². The van der Waals surface area contributed by atoms with Crippen LogP contribution >= 0.6 is 15.9 Å². The molecule has 0 aromatic rings. The third-order valence-electron chi connectivity index (χ3n) is 0.337. The number of aliphatic imine (C=N–C) groups is 1. The molecule has 0 aromatic carbocycles. The van der Waals surface area contributed by atoms with Crippen molar-refractivity contribution in [1.82, 2.24) is 0 Å². The first-order chi connectivity index (χ1) is 3.27. The minimum Gasteiger partial charge on any atom is -0.312 e. The van der Waals surface area contributed by atoms with Gasteiger partial charge in [-0.1, -0.05) is 6.58 Å². The molecule has 0 aliphatic carbocycles. The highest BCUT2D eigenvalue weighted by atomic mass is 79.9. The summed E-state index contributed by atoms with van der Waals surface area (Å²) in [5.41, 5.74) is 5.02. The van der Waals surface area contributed by atoms with Crippen LogP contribution in [-0.2, 0) is 0 Å². The van der Waals surface area contributed by atoms with Crippen molar-refractivity contribution in [2.75, 3.05) is 6.67 Å². The van der Waals surface area contributed by atoms with Gasteiger partial charge in [0.2, 0.25) is 0 Å². The molecule has 0 aromatic heterocycles. The first-order valence-electron chi connectivity index (χ1n) is 1.81. The van der Waals surface area contributed by atoms with E-state index in [1.807, 2.05) is 0 Å². The van der Waals surface area contributed by atoms with Crippen molar-refractivity contribution >= 4 is 22.1 Å². The molecule has 0 saturated carbocycles. The van der Waals surface area contributed by atoms with Crippen molar-refractivity contribution in [3.63, 3.8) is 0 Å². The van der Waals surface area contributed by atoms with Gasteiger partial charge in [0.15, 0.2) is 0 Å². The monoisotopic (exact) mass is 162 g/mol. The van der Waals surface area contributed by atoms with Crippen LogP contribution in [0, 0.1) is 0 Å². The summed E-state index contributed by atoms with van der Waals surface area (Å²) in [4.78, 5) is 3.68. The molecule has 3 heteroatoms. The summed E-state index contributed by atoms with van der Waals surface area (Å²) in [5, 5.41) is 0. The number of allylic oxidation sites excluding steroid dienone is 1. The smallest absolute Gasteiger partial charge is 0.0859 e. The molecule has 0 saturated heterocycles. The van der Waals surface area contributed by atoms with E-state index in [-0.39, 0.29) is 0 Å². The Morgan fingerprint density at radius 1 is 2.00 bits per heavy atom. The van der Waals surface area contributed by atoms with E-state index in [1.165, 1.54) is 0 Å². The minimum atomic E-state index is 0.324. The van der Waals surface area contributed by atoms with Gasteiger partial charge in [0.25, 0.3) is 0 Å². The van der Waals surface area contributed by atoms with Crippen LogP contribution in [0.3, 0.4) is 0 Å². The first-order valence-corrected chi connectivity index (χ1v) is 2.61. The molecule has 0 bridgehead atoms. The fourth-order valence-corrected chi connectivity index (χ4v) is 0.297. The molecule has 0 atom stereocenters. The number of hydrogen-bond donors (Lipinski definition) is 1. The zero-order valence-electron chi connectivity index (χ0n) is 3.89. The zero-order chi connectivity index (χ0) is 5.70. The summed E-state index contributed by atoms with van der Waals surface area (Å²) in [6.07, 6.45) is 1.57. The van der Waals surface area contributed by atoms with Crippen LogP contribution in [-0.4, -0.2) is 12.9 Å². The van der Waals surface area contributed by atoms with E-state index in [9.17, 15) is 0 Å². The first kappa shape index (κ1) is 6.85. The normalized spacial score (nSPS) is 10.0. The van der Waals surface area contributed by atoms with Gasteiger partial charge in [0.1, 0.15) is 0 Å². The van der Waals surface area contributed by atoms with Crippen molar-refractivity contribution in [2.45, 2.75) is 0 Å². The third kappa shape index (κ3) is 5.85. The van der Waals surface area contributed by atoms with E-state index >= 15 is 0 Å². The number of rotatable bonds is 2. The molecule has 0 aliphatic heterocycles. The number of hydrogen-bond acceptors (Lipinski definition) is 2. The van der Waals surface area contributed by atoms with Crippen LogP contribution in [0.1, 0.15) is 0 Å². The van der Waals surface area contributed by atoms with Crippen molar-refractivity contribution in [3.8, 4) is 0 Å². The topological polar surface area (TPSA) is 38.4 Å². The highest BCUT2D eigenvalue weighted by Gasteiger charge is 1.71. The zero-order valence-corrected chi connectivity index (χ0v) is 5.48. The number of halogens is 1. The Hall–Kier alpha value is -0.150. The minimum absolute atomic E-state index is 0.324. The second-order valence-corrected chi connectivity index (χ2v) is 1.96. The molecular formula is C4H7BrN2. The van der Waals surface area contributed by atoms with Gasteiger partial charge in [0, 0.05) is 10.7 Å². The molecule has 0 amide bonds. The molecule has 0 spiro atoms. The Kier molecular flexibility index (Phi) is 3.93. The maximum absolute atomic E-state index is 5.02. The van der Waals surface area contributed by atoms with Crippen molar-refractivity contribution in [3.05, 3.63) is 11.1 Å². The van der Waals surface area contributed by atoms with Gasteiger partial charge < -0.3 is 5.73 Å². The van der Waals surface area contributed by atoms with Crippen LogP contribution in [0.2, 0.25) is 0 Å². The van der Waals surface area contributed by atoms with E-state index in [0.717, 1.165) is 4.48 Å². The van der Waals surface area contributed by atoms with Crippen molar-refractivity contribution in [2.24, 2.45) is 10.7 Å². The molecular weight excluding hydrogens is 156 g/mol. The fraction of sp³-hybridized carbons (Fsp3) is 0.250. The number of nitrogens with zero attached hydrogens (tertiary/aromatic N) is 1. The lowest BCUT2D eigenvalue weighted by atomic mass is 10.7. The number of nitrogens with two attached hydrogens (primary N) is 1. The highest BCUT2D eigenvalue weighted by molar-refractivity contribution is 9.12. The summed E-state index contributed by atoms with van der Waals surface area (Å²) < 4.78 is 0.748. The lowest BCUT2D eigenvalue weighted by Crippen LogP contribution is -1.93. The predicted octanol–water partition coefficient (Wildman–Crippen LogP) is 0.882. The average Bonchev–Trinajstić information content (AvgIpc) is 1.61. The largest absolute Gasteiger partial charge is 0.312 e. The molecule has 7 heavy (non-hydrogen) atoms. The molecule has 0 rings (SSSR count). The second-order valence-electron chi connectivity index (χ2n) is 0.941. The van der Waals surface area contributed by atoms with E-state index in [0.29, 0.717) is 6.67 Å². The molecule has 2 nitrogen and oxygen atoms in total. The Morgan fingerprint density at radius 3 is 2.71 bits per heavy atom. The quantitative estimate of drug-likeness (QED) is 0.603. The third-order valence-corrected chi connectivity index (χ3v) is 0.542. The van der Waals surface area contributed by atoms with E-state index < -0.39 is 0 Å². The Labute approximate surface area is 51.2 Å². The summed E-state index contributed by atoms with van der Waals surface area (Å²) in [7, 11) is 0. The summed E-state index contributed by atoms with van der Waals surface area (Å²) in [5.74, 6) is 0.